The summed E-state index contributed by atoms with van der Waals surface area (Å²) in [6.45, 7) is 0. The van der Waals surface area contributed by atoms with Crippen LogP contribution in [0.4, 0.5) is 34.6 Å². The van der Waals surface area contributed by atoms with Gasteiger partial charge in [-0.15, -0.1) is 0 Å². The Bertz CT molecular complexity index is 1160. The monoisotopic (exact) mass is 410 g/mol. The van der Waals surface area contributed by atoms with E-state index in [2.05, 4.69) is 10.3 Å². The summed E-state index contributed by atoms with van der Waals surface area (Å²) < 4.78 is 53.5. The van der Waals surface area contributed by atoms with Gasteiger partial charge >= 0.3 is 6.18 Å². The van der Waals surface area contributed by atoms with Crippen molar-refractivity contribution in [2.75, 3.05) is 5.32 Å². The molecular weight excluding hydrogens is 404 g/mol. The Labute approximate surface area is 159 Å². The zero-order chi connectivity index (χ0) is 20.6. The molecule has 0 aliphatic carbocycles. The summed E-state index contributed by atoms with van der Waals surface area (Å²) in [5, 5.41) is 22.5. The van der Waals surface area contributed by atoms with Gasteiger partial charge in [0.15, 0.2) is 0 Å². The van der Waals surface area contributed by atoms with Crippen LogP contribution in [-0.4, -0.2) is 9.91 Å². The predicted octanol–water partition coefficient (Wildman–Crippen LogP) is 5.57. The van der Waals surface area contributed by atoms with Crippen LogP contribution in [0.3, 0.4) is 0 Å². The second kappa shape index (κ2) is 6.94. The maximum absolute atomic E-state index is 13.4. The maximum atomic E-state index is 13.4. The van der Waals surface area contributed by atoms with Crippen molar-refractivity contribution in [2.24, 2.45) is 0 Å². The van der Waals surface area contributed by atoms with Gasteiger partial charge in [-0.3, -0.25) is 15.1 Å². The Balaban J connectivity index is 2.33. The molecule has 0 fully saturated rings. The van der Waals surface area contributed by atoms with Gasteiger partial charge in [0.2, 0.25) is 0 Å². The summed E-state index contributed by atoms with van der Waals surface area (Å²) in [7, 11) is 0. The molecular formula is C17H7ClF4N4O2. The zero-order valence-corrected chi connectivity index (χ0v) is 14.3. The Morgan fingerprint density at radius 3 is 2.54 bits per heavy atom. The highest BCUT2D eigenvalue weighted by Crippen LogP contribution is 2.40. The molecule has 1 aromatic heterocycles. The van der Waals surface area contributed by atoms with Crippen LogP contribution < -0.4 is 5.32 Å². The number of hydrogen-bond donors (Lipinski definition) is 1. The molecule has 1 N–H and O–H groups in total. The average Bonchev–Trinajstić information content (AvgIpc) is 2.63. The number of rotatable bonds is 3. The molecule has 2 aromatic carbocycles. The minimum Gasteiger partial charge on any atom is -0.354 e. The van der Waals surface area contributed by atoms with Crippen LogP contribution >= 0.6 is 11.6 Å². The molecule has 3 aromatic rings. The second-order valence-corrected chi connectivity index (χ2v) is 5.96. The standard InChI is InChI=1S/C17H7ClF4N4O2/c18-13-3-9(1-2-14(13)19)25-15-8(6-23)7-24-16-11(15)4-10(26(27)28)5-12(16)17(20,21)22/h1-5,7H,(H,24,25). The fourth-order valence-corrected chi connectivity index (χ4v) is 2.73. The fraction of sp³-hybridized carbons (Fsp3) is 0.0588. The van der Waals surface area contributed by atoms with Crippen LogP contribution in [0.15, 0.2) is 36.5 Å². The first-order chi connectivity index (χ1) is 13.1. The lowest BCUT2D eigenvalue weighted by Gasteiger charge is -2.15. The van der Waals surface area contributed by atoms with Crippen LogP contribution in [0.1, 0.15) is 11.1 Å². The van der Waals surface area contributed by atoms with Crippen LogP contribution in [0, 0.1) is 27.3 Å². The highest BCUT2D eigenvalue weighted by atomic mass is 35.5. The first-order valence-corrected chi connectivity index (χ1v) is 7.80. The lowest BCUT2D eigenvalue weighted by Crippen LogP contribution is -2.09. The predicted molar refractivity (Wildman–Crippen MR) is 92.8 cm³/mol. The number of hydrogen-bond acceptors (Lipinski definition) is 5. The zero-order valence-electron chi connectivity index (χ0n) is 13.5. The van der Waals surface area contributed by atoms with Crippen LogP contribution in [0.25, 0.3) is 10.9 Å². The lowest BCUT2D eigenvalue weighted by molar-refractivity contribution is -0.385. The lowest BCUT2D eigenvalue weighted by atomic mass is 10.0. The number of alkyl halides is 3. The Morgan fingerprint density at radius 2 is 1.96 bits per heavy atom. The van der Waals surface area contributed by atoms with E-state index >= 15 is 0 Å². The molecule has 28 heavy (non-hydrogen) atoms. The third kappa shape index (κ3) is 3.52. The number of nitrogens with zero attached hydrogens (tertiary/aromatic N) is 3. The van der Waals surface area contributed by atoms with E-state index in [-0.39, 0.29) is 27.3 Å². The summed E-state index contributed by atoms with van der Waals surface area (Å²) in [5.41, 5.74) is -2.87. The molecule has 0 radical (unpaired) electrons. The van der Waals surface area contributed by atoms with Crippen molar-refractivity contribution in [3.05, 3.63) is 68.6 Å². The van der Waals surface area contributed by atoms with Gasteiger partial charge in [0.1, 0.15) is 11.9 Å². The van der Waals surface area contributed by atoms with Gasteiger partial charge in [0, 0.05) is 29.4 Å². The van der Waals surface area contributed by atoms with Crippen LogP contribution in [0.5, 0.6) is 0 Å². The van der Waals surface area contributed by atoms with Gasteiger partial charge < -0.3 is 5.32 Å². The van der Waals surface area contributed by atoms with E-state index < -0.39 is 33.7 Å². The molecule has 0 saturated heterocycles. The van der Waals surface area contributed by atoms with Crippen molar-refractivity contribution in [2.45, 2.75) is 6.18 Å². The molecule has 0 spiro atoms. The summed E-state index contributed by atoms with van der Waals surface area (Å²) in [6, 6.07) is 6.44. The number of pyridine rings is 1. The number of nitro groups is 1. The van der Waals surface area contributed by atoms with Crippen LogP contribution in [-0.2, 0) is 6.18 Å². The Hall–Kier alpha value is -3.45. The third-order valence-corrected chi connectivity index (χ3v) is 4.07. The third-order valence-electron chi connectivity index (χ3n) is 3.78. The van der Waals surface area contributed by atoms with Crippen molar-refractivity contribution in [1.29, 1.82) is 5.26 Å². The highest BCUT2D eigenvalue weighted by molar-refractivity contribution is 6.31. The summed E-state index contributed by atoms with van der Waals surface area (Å²) >= 11 is 5.69. The van der Waals surface area contributed by atoms with E-state index in [1.807, 2.05) is 0 Å². The van der Waals surface area contributed by atoms with E-state index in [4.69, 9.17) is 11.6 Å². The summed E-state index contributed by atoms with van der Waals surface area (Å²) in [4.78, 5) is 13.8. The molecule has 6 nitrogen and oxygen atoms in total. The van der Waals surface area contributed by atoms with Gasteiger partial charge in [-0.2, -0.15) is 18.4 Å². The number of fused-ring (bicyclic) bond motifs is 1. The minimum absolute atomic E-state index is 0.149. The van der Waals surface area contributed by atoms with Crippen molar-refractivity contribution in [3.8, 4) is 6.07 Å². The first kappa shape index (κ1) is 19.3. The smallest absolute Gasteiger partial charge is 0.354 e. The number of benzene rings is 2. The van der Waals surface area contributed by atoms with Crippen molar-refractivity contribution >= 4 is 39.6 Å². The number of anilines is 2. The molecule has 0 saturated carbocycles. The van der Waals surface area contributed by atoms with E-state index in [1.165, 1.54) is 6.07 Å². The molecule has 0 aliphatic rings. The van der Waals surface area contributed by atoms with E-state index in [9.17, 15) is 32.9 Å². The van der Waals surface area contributed by atoms with Crippen molar-refractivity contribution < 1.29 is 22.5 Å². The maximum Gasteiger partial charge on any atom is 0.418 e. The fourth-order valence-electron chi connectivity index (χ4n) is 2.55. The molecule has 0 unspecified atom stereocenters. The molecule has 3 rings (SSSR count). The van der Waals surface area contributed by atoms with E-state index in [0.29, 0.717) is 6.07 Å². The molecule has 11 heteroatoms. The van der Waals surface area contributed by atoms with Crippen molar-refractivity contribution in [3.63, 3.8) is 0 Å². The van der Waals surface area contributed by atoms with Crippen molar-refractivity contribution in [1.82, 2.24) is 4.98 Å². The van der Waals surface area contributed by atoms with E-state index in [0.717, 1.165) is 24.4 Å². The van der Waals surface area contributed by atoms with Gasteiger partial charge in [-0.25, -0.2) is 4.39 Å². The SMILES string of the molecule is N#Cc1cnc2c(C(F)(F)F)cc([N+](=O)[O-])cc2c1Nc1ccc(F)c(Cl)c1. The molecule has 1 heterocycles. The van der Waals surface area contributed by atoms with Gasteiger partial charge in [-0.05, 0) is 18.2 Å². The van der Waals surface area contributed by atoms with Gasteiger partial charge in [0.05, 0.1) is 32.3 Å². The number of nitro benzene ring substituents is 1. The largest absolute Gasteiger partial charge is 0.418 e. The van der Waals surface area contributed by atoms with Crippen LogP contribution in [0.2, 0.25) is 5.02 Å². The molecule has 0 bridgehead atoms. The van der Waals surface area contributed by atoms with Gasteiger partial charge in [-0.1, -0.05) is 11.6 Å². The van der Waals surface area contributed by atoms with E-state index in [1.54, 1.807) is 6.07 Å². The summed E-state index contributed by atoms with van der Waals surface area (Å²) in [6.07, 6.45) is -4.00. The second-order valence-electron chi connectivity index (χ2n) is 5.56. The average molecular weight is 411 g/mol. The number of halogens is 5. The highest BCUT2D eigenvalue weighted by Gasteiger charge is 2.36. The Kier molecular flexibility index (Phi) is 4.79. The number of nitriles is 1. The topological polar surface area (TPSA) is 91.8 Å². The molecule has 0 amide bonds. The molecule has 0 atom stereocenters. The number of aromatic nitrogens is 1. The number of non-ortho nitro benzene ring substituents is 1. The first-order valence-electron chi connectivity index (χ1n) is 7.42. The molecule has 142 valence electrons. The molecule has 0 aliphatic heterocycles. The minimum atomic E-state index is -4.91. The Morgan fingerprint density at radius 1 is 1.25 bits per heavy atom. The normalized spacial score (nSPS) is 11.3. The van der Waals surface area contributed by atoms with Gasteiger partial charge in [0.25, 0.3) is 5.69 Å². The quantitative estimate of drug-likeness (QED) is 0.346. The summed E-state index contributed by atoms with van der Waals surface area (Å²) in [5.74, 6) is -0.720. The number of nitrogens with one attached hydrogen (secondary N) is 1.